The average Bonchev–Trinajstić information content (AvgIpc) is 2.70. The molecule has 0 aliphatic carbocycles. The molecule has 8 heteroatoms. The molecule has 0 rings (SSSR count). The molecule has 0 heterocycles. The number of rotatable bonds is 17. The Balaban J connectivity index is 3.84. The number of unbranched alkanes of at least 4 members (excludes halogenated alkanes) is 4. The Hall–Kier alpha value is -1.22. The molecule has 4 atom stereocenters. The molecule has 0 aliphatic rings. The minimum absolute atomic E-state index is 0.0729. The van der Waals surface area contributed by atoms with Crippen molar-refractivity contribution in [2.75, 3.05) is 13.2 Å². The van der Waals surface area contributed by atoms with Crippen LogP contribution in [0.1, 0.15) is 78.1 Å². The van der Waals surface area contributed by atoms with Gasteiger partial charge in [0.15, 0.2) is 12.2 Å². The van der Waals surface area contributed by atoms with Gasteiger partial charge in [0.1, 0.15) is 0 Å². The van der Waals surface area contributed by atoms with Crippen LogP contribution in [0.2, 0.25) is 0 Å². The standard InChI is InChI=1S/C20H38O8/c1-3-15(21)11-7-5-9-13-27-19(25)17(23)18(24)20(26)28-14-10-6-8-12-16(22)4-2/h15-18,21-24H,3-14H2,1-2H3. The molecule has 28 heavy (non-hydrogen) atoms. The van der Waals surface area contributed by atoms with Gasteiger partial charge >= 0.3 is 11.9 Å². The van der Waals surface area contributed by atoms with Gasteiger partial charge in [-0.1, -0.05) is 26.7 Å². The number of hydrogen-bond acceptors (Lipinski definition) is 8. The quantitative estimate of drug-likeness (QED) is 0.211. The minimum atomic E-state index is -1.98. The highest BCUT2D eigenvalue weighted by Gasteiger charge is 2.32. The predicted octanol–water partition coefficient (Wildman–Crippen LogP) is 1.46. The summed E-state index contributed by atoms with van der Waals surface area (Å²) < 4.78 is 9.71. The number of esters is 2. The van der Waals surface area contributed by atoms with E-state index in [2.05, 4.69) is 0 Å². The largest absolute Gasteiger partial charge is 0.464 e. The second kappa shape index (κ2) is 16.7. The van der Waals surface area contributed by atoms with E-state index in [1.54, 1.807) is 0 Å². The van der Waals surface area contributed by atoms with Crippen molar-refractivity contribution in [1.29, 1.82) is 0 Å². The van der Waals surface area contributed by atoms with Crippen LogP contribution >= 0.6 is 0 Å². The van der Waals surface area contributed by atoms with Gasteiger partial charge in [-0.3, -0.25) is 0 Å². The molecule has 0 saturated carbocycles. The van der Waals surface area contributed by atoms with E-state index in [4.69, 9.17) is 9.47 Å². The van der Waals surface area contributed by atoms with E-state index < -0.39 is 24.1 Å². The molecule has 8 nitrogen and oxygen atoms in total. The van der Waals surface area contributed by atoms with Crippen LogP contribution in [0.25, 0.3) is 0 Å². The molecule has 0 spiro atoms. The van der Waals surface area contributed by atoms with Crippen LogP contribution in [0.15, 0.2) is 0 Å². The molecule has 0 radical (unpaired) electrons. The van der Waals surface area contributed by atoms with E-state index in [1.165, 1.54) is 0 Å². The zero-order valence-corrected chi connectivity index (χ0v) is 17.2. The molecule has 0 saturated heterocycles. The Labute approximate surface area is 167 Å². The maximum atomic E-state index is 11.7. The van der Waals surface area contributed by atoms with Gasteiger partial charge in [-0.05, 0) is 51.4 Å². The van der Waals surface area contributed by atoms with Crippen molar-refractivity contribution >= 4 is 11.9 Å². The number of hydrogen-bond donors (Lipinski definition) is 4. The van der Waals surface area contributed by atoms with E-state index in [-0.39, 0.29) is 25.4 Å². The third-order valence-corrected chi connectivity index (χ3v) is 4.58. The Kier molecular flexibility index (Phi) is 16.0. The molecular formula is C20H38O8. The van der Waals surface area contributed by atoms with Gasteiger partial charge in [0.2, 0.25) is 0 Å². The molecular weight excluding hydrogens is 368 g/mol. The van der Waals surface area contributed by atoms with Crippen molar-refractivity contribution in [3.8, 4) is 0 Å². The lowest BCUT2D eigenvalue weighted by molar-refractivity contribution is -0.173. The Morgan fingerprint density at radius 3 is 1.32 bits per heavy atom. The third-order valence-electron chi connectivity index (χ3n) is 4.58. The lowest BCUT2D eigenvalue weighted by Gasteiger charge is -2.16. The first kappa shape index (κ1) is 26.8. The molecule has 0 bridgehead atoms. The Morgan fingerprint density at radius 2 is 1.00 bits per heavy atom. The predicted molar refractivity (Wildman–Crippen MR) is 103 cm³/mol. The zero-order valence-electron chi connectivity index (χ0n) is 17.2. The Bertz CT molecular complexity index is 377. The second-order valence-electron chi connectivity index (χ2n) is 7.05. The number of aliphatic hydroxyl groups excluding tert-OH is 4. The van der Waals surface area contributed by atoms with Gasteiger partial charge < -0.3 is 29.9 Å². The molecule has 4 unspecified atom stereocenters. The highest BCUT2D eigenvalue weighted by Crippen LogP contribution is 2.08. The van der Waals surface area contributed by atoms with Crippen molar-refractivity contribution in [1.82, 2.24) is 0 Å². The SMILES string of the molecule is CCC(O)CCCCCOC(=O)C(O)C(O)C(=O)OCCCCCC(O)CC. The smallest absolute Gasteiger partial charge is 0.338 e. The van der Waals surface area contributed by atoms with Crippen LogP contribution in [-0.2, 0) is 19.1 Å². The summed E-state index contributed by atoms with van der Waals surface area (Å²) in [5, 5.41) is 38.3. The maximum absolute atomic E-state index is 11.7. The topological polar surface area (TPSA) is 134 Å². The van der Waals surface area contributed by atoms with Crippen LogP contribution in [-0.4, -0.2) is 70.0 Å². The Morgan fingerprint density at radius 1 is 0.643 bits per heavy atom. The fraction of sp³-hybridized carbons (Fsp3) is 0.900. The van der Waals surface area contributed by atoms with Gasteiger partial charge in [0.25, 0.3) is 0 Å². The second-order valence-corrected chi connectivity index (χ2v) is 7.05. The van der Waals surface area contributed by atoms with Gasteiger partial charge in [-0.2, -0.15) is 0 Å². The molecule has 0 aliphatic heterocycles. The summed E-state index contributed by atoms with van der Waals surface area (Å²) in [6.45, 7) is 3.96. The fourth-order valence-corrected chi connectivity index (χ4v) is 2.50. The average molecular weight is 407 g/mol. The highest BCUT2D eigenvalue weighted by molar-refractivity contribution is 5.85. The number of carbonyl (C=O) groups excluding carboxylic acids is 2. The van der Waals surface area contributed by atoms with Gasteiger partial charge in [0, 0.05) is 0 Å². The van der Waals surface area contributed by atoms with Crippen molar-refractivity contribution in [2.45, 2.75) is 102 Å². The summed E-state index contributed by atoms with van der Waals surface area (Å²) in [6, 6.07) is 0. The molecule has 0 fully saturated rings. The van der Waals surface area contributed by atoms with Crippen molar-refractivity contribution in [2.24, 2.45) is 0 Å². The number of aliphatic hydroxyl groups is 4. The normalized spacial score (nSPS) is 15.5. The minimum Gasteiger partial charge on any atom is -0.464 e. The lowest BCUT2D eigenvalue weighted by atomic mass is 10.1. The fourth-order valence-electron chi connectivity index (χ4n) is 2.50. The summed E-state index contributed by atoms with van der Waals surface area (Å²) >= 11 is 0. The van der Waals surface area contributed by atoms with Crippen LogP contribution in [0.3, 0.4) is 0 Å². The summed E-state index contributed by atoms with van der Waals surface area (Å²) in [5.74, 6) is -2.13. The molecule has 0 aromatic rings. The third kappa shape index (κ3) is 13.0. The van der Waals surface area contributed by atoms with Crippen LogP contribution < -0.4 is 0 Å². The summed E-state index contributed by atoms with van der Waals surface area (Å²) in [5.41, 5.74) is 0. The van der Waals surface area contributed by atoms with E-state index in [1.807, 2.05) is 13.8 Å². The molecule has 0 aromatic carbocycles. The van der Waals surface area contributed by atoms with E-state index in [9.17, 15) is 30.0 Å². The van der Waals surface area contributed by atoms with Crippen LogP contribution in [0.4, 0.5) is 0 Å². The highest BCUT2D eigenvalue weighted by atomic mass is 16.6. The van der Waals surface area contributed by atoms with Crippen LogP contribution in [0, 0.1) is 0 Å². The van der Waals surface area contributed by atoms with Gasteiger partial charge in [0.05, 0.1) is 25.4 Å². The van der Waals surface area contributed by atoms with Gasteiger partial charge in [-0.25, -0.2) is 9.59 Å². The maximum Gasteiger partial charge on any atom is 0.338 e. The zero-order chi connectivity index (χ0) is 21.4. The molecule has 4 N–H and O–H groups in total. The van der Waals surface area contributed by atoms with E-state index in [0.717, 1.165) is 25.7 Å². The number of ether oxygens (including phenoxy) is 2. The van der Waals surface area contributed by atoms with Gasteiger partial charge in [-0.15, -0.1) is 0 Å². The van der Waals surface area contributed by atoms with Crippen molar-refractivity contribution in [3.05, 3.63) is 0 Å². The van der Waals surface area contributed by atoms with Crippen molar-refractivity contribution in [3.63, 3.8) is 0 Å². The molecule has 0 amide bonds. The van der Waals surface area contributed by atoms with Crippen molar-refractivity contribution < 1.29 is 39.5 Å². The van der Waals surface area contributed by atoms with Crippen LogP contribution in [0.5, 0.6) is 0 Å². The summed E-state index contributed by atoms with van der Waals surface area (Å²) in [4.78, 5) is 23.4. The number of carbonyl (C=O) groups is 2. The first-order chi connectivity index (χ1) is 13.3. The first-order valence-corrected chi connectivity index (χ1v) is 10.4. The first-order valence-electron chi connectivity index (χ1n) is 10.4. The lowest BCUT2D eigenvalue weighted by Crippen LogP contribution is -2.41. The summed E-state index contributed by atoms with van der Waals surface area (Å²) in [6.07, 6.45) is 2.50. The van der Waals surface area contributed by atoms with E-state index in [0.29, 0.717) is 38.5 Å². The molecule has 166 valence electrons. The monoisotopic (exact) mass is 406 g/mol. The summed E-state index contributed by atoms with van der Waals surface area (Å²) in [7, 11) is 0. The van der Waals surface area contributed by atoms with E-state index >= 15 is 0 Å². The molecule has 0 aromatic heterocycles.